The van der Waals surface area contributed by atoms with E-state index in [1.807, 2.05) is 0 Å². The summed E-state index contributed by atoms with van der Waals surface area (Å²) in [6.07, 6.45) is 1.17. The Hall–Kier alpha value is 0.494. The van der Waals surface area contributed by atoms with Crippen molar-refractivity contribution in [3.63, 3.8) is 0 Å². The molecule has 0 rings (SSSR count). The maximum atomic E-state index is 5.02. The van der Waals surface area contributed by atoms with Crippen LogP contribution in [0.5, 0.6) is 0 Å². The zero-order valence-electron chi connectivity index (χ0n) is 7.02. The fourth-order valence-corrected chi connectivity index (χ4v) is 0.584. The molecule has 0 fully saturated rings. The van der Waals surface area contributed by atoms with Gasteiger partial charge in [0, 0.05) is 0 Å². The molecule has 0 bridgehead atoms. The molecule has 0 heterocycles. The first-order valence-corrected chi connectivity index (χ1v) is 3.96. The Morgan fingerprint density at radius 1 is 1.11 bits per heavy atom. The predicted molar refractivity (Wildman–Crippen MR) is 38.1 cm³/mol. The molecule has 0 aliphatic rings. The van der Waals surface area contributed by atoms with Crippen molar-refractivity contribution in [3.05, 3.63) is 0 Å². The normalized spacial score (nSPS) is 14.1. The van der Waals surface area contributed by atoms with Crippen molar-refractivity contribution in [1.82, 2.24) is 0 Å². The zero-order chi connectivity index (χ0) is 7.71. The summed E-state index contributed by atoms with van der Waals surface area (Å²) >= 11 is 5.02. The minimum atomic E-state index is 0.0712. The van der Waals surface area contributed by atoms with Crippen molar-refractivity contribution >= 4 is 0 Å². The fraction of sp³-hybridized carbons (Fsp3) is 1.00. The third-order valence-electron chi connectivity index (χ3n) is 2.45. The SMILES string of the molecule is CCC(C)(C)[C](C)(C)[Ni]. The Balaban J connectivity index is 4.14. The van der Waals surface area contributed by atoms with Gasteiger partial charge in [-0.25, -0.2) is 0 Å². The molecule has 0 aromatic carbocycles. The fourth-order valence-electron chi connectivity index (χ4n) is 0.409. The van der Waals surface area contributed by atoms with Crippen LogP contribution in [0.25, 0.3) is 0 Å². The van der Waals surface area contributed by atoms with Gasteiger partial charge in [-0.15, -0.1) is 0 Å². The summed E-state index contributed by atoms with van der Waals surface area (Å²) in [5.41, 5.74) is 0.312. The zero-order valence-corrected chi connectivity index (χ0v) is 8.01. The first-order valence-electron chi connectivity index (χ1n) is 3.47. The molecule has 0 aromatic rings. The molecule has 0 radical (unpaired) electrons. The molecule has 0 N–H and O–H groups in total. The summed E-state index contributed by atoms with van der Waals surface area (Å²) < 4.78 is 0.0712. The van der Waals surface area contributed by atoms with Gasteiger partial charge in [-0.1, -0.05) is 0 Å². The number of rotatable bonds is 2. The Morgan fingerprint density at radius 2 is 1.44 bits per heavy atom. The van der Waals surface area contributed by atoms with E-state index >= 15 is 0 Å². The summed E-state index contributed by atoms with van der Waals surface area (Å²) in [6.45, 7) is 10.9. The topological polar surface area (TPSA) is 0 Å². The van der Waals surface area contributed by atoms with Crippen molar-refractivity contribution in [2.45, 2.75) is 45.4 Å². The van der Waals surface area contributed by atoms with Gasteiger partial charge in [0.2, 0.25) is 0 Å². The minimum absolute atomic E-state index is 0.0712. The van der Waals surface area contributed by atoms with Crippen molar-refractivity contribution in [2.24, 2.45) is 5.41 Å². The van der Waals surface area contributed by atoms with Crippen LogP contribution >= 0.6 is 0 Å². The Kier molecular flexibility index (Phi) is 2.76. The molecule has 1 heteroatoms. The van der Waals surface area contributed by atoms with Crippen molar-refractivity contribution in [1.29, 1.82) is 0 Å². The molecule has 0 aromatic heterocycles. The van der Waals surface area contributed by atoms with E-state index in [1.54, 1.807) is 0 Å². The molecule has 0 spiro atoms. The van der Waals surface area contributed by atoms with Crippen molar-refractivity contribution < 1.29 is 15.5 Å². The summed E-state index contributed by atoms with van der Waals surface area (Å²) in [4.78, 5) is 0. The maximum absolute atomic E-state index is 5.02. The Morgan fingerprint density at radius 3 is 1.44 bits per heavy atom. The van der Waals surface area contributed by atoms with E-state index < -0.39 is 0 Å². The average Bonchev–Trinajstić information content (AvgIpc) is 1.64. The molecule has 0 saturated carbocycles. The van der Waals surface area contributed by atoms with Gasteiger partial charge in [-0.3, -0.25) is 0 Å². The van der Waals surface area contributed by atoms with E-state index in [9.17, 15) is 0 Å². The molecule has 0 unspecified atom stereocenters. The molecular weight excluding hydrogens is 155 g/mol. The third-order valence-corrected chi connectivity index (χ3v) is 3.12. The second-order valence-electron chi connectivity index (χ2n) is 3.63. The van der Waals surface area contributed by atoms with E-state index in [1.165, 1.54) is 6.42 Å². The first-order chi connectivity index (χ1) is 3.81. The summed E-state index contributed by atoms with van der Waals surface area (Å²) in [5.74, 6) is 0. The van der Waals surface area contributed by atoms with Crippen LogP contribution in [-0.2, 0) is 15.5 Å². The number of hydrogen-bond acceptors (Lipinski definition) is 0. The monoisotopic (exact) mass is 171 g/mol. The van der Waals surface area contributed by atoms with E-state index in [0.29, 0.717) is 5.41 Å². The van der Waals surface area contributed by atoms with Crippen LogP contribution < -0.4 is 0 Å². The van der Waals surface area contributed by atoms with Crippen LogP contribution in [0.2, 0.25) is 4.38 Å². The van der Waals surface area contributed by atoms with Gasteiger partial charge in [-0.2, -0.15) is 0 Å². The number of hydrogen-bond donors (Lipinski definition) is 0. The summed E-state index contributed by atoms with van der Waals surface area (Å²) in [6, 6.07) is 0. The van der Waals surface area contributed by atoms with Crippen LogP contribution in [0.3, 0.4) is 0 Å². The molecule has 0 amide bonds. The van der Waals surface area contributed by atoms with Crippen LogP contribution in [0.15, 0.2) is 0 Å². The average molecular weight is 172 g/mol. The van der Waals surface area contributed by atoms with Crippen molar-refractivity contribution in [2.75, 3.05) is 0 Å². The van der Waals surface area contributed by atoms with Gasteiger partial charge in [0.15, 0.2) is 0 Å². The van der Waals surface area contributed by atoms with Crippen molar-refractivity contribution in [3.8, 4) is 0 Å². The standard InChI is InChI=1S/C8H17.Ni/c1-6-8(4,5)7(2)3;/h6H2,1-5H3;. The second kappa shape index (κ2) is 2.62. The van der Waals surface area contributed by atoms with Gasteiger partial charge < -0.3 is 0 Å². The molecule has 0 aliphatic heterocycles. The van der Waals surface area contributed by atoms with Gasteiger partial charge in [0.1, 0.15) is 0 Å². The molecular formula is C8H17Ni. The molecule has 0 nitrogen and oxygen atoms in total. The van der Waals surface area contributed by atoms with Gasteiger partial charge in [0.25, 0.3) is 0 Å². The second-order valence-corrected chi connectivity index (χ2v) is 4.87. The van der Waals surface area contributed by atoms with Crippen LogP contribution in [0.1, 0.15) is 41.0 Å². The quantitative estimate of drug-likeness (QED) is 0.561. The van der Waals surface area contributed by atoms with Gasteiger partial charge in [-0.05, 0) is 0 Å². The van der Waals surface area contributed by atoms with E-state index in [2.05, 4.69) is 34.6 Å². The first kappa shape index (κ1) is 9.49. The third kappa shape index (κ3) is 2.29. The molecule has 0 saturated heterocycles. The van der Waals surface area contributed by atoms with E-state index in [-0.39, 0.29) is 4.38 Å². The van der Waals surface area contributed by atoms with Crippen LogP contribution in [0, 0.1) is 5.41 Å². The summed E-state index contributed by atoms with van der Waals surface area (Å²) in [5, 5.41) is 0. The van der Waals surface area contributed by atoms with E-state index in [4.69, 9.17) is 15.5 Å². The van der Waals surface area contributed by atoms with Gasteiger partial charge in [0.05, 0.1) is 0 Å². The summed E-state index contributed by atoms with van der Waals surface area (Å²) in [7, 11) is 0. The Labute approximate surface area is 66.8 Å². The predicted octanol–water partition coefficient (Wildman–Crippen LogP) is 3.17. The molecule has 0 atom stereocenters. The molecule has 9 heavy (non-hydrogen) atoms. The molecule has 0 aliphatic carbocycles. The molecule has 59 valence electrons. The Bertz CT molecular complexity index is 87.2. The van der Waals surface area contributed by atoms with Gasteiger partial charge >= 0.3 is 66.3 Å². The van der Waals surface area contributed by atoms with Crippen LogP contribution in [0.4, 0.5) is 0 Å². The van der Waals surface area contributed by atoms with E-state index in [0.717, 1.165) is 0 Å². The van der Waals surface area contributed by atoms with Crippen LogP contribution in [-0.4, -0.2) is 0 Å².